The Balaban J connectivity index is 0. The third kappa shape index (κ3) is 35.8. The van der Waals surface area contributed by atoms with Crippen molar-refractivity contribution in [3.8, 4) is 0 Å². The van der Waals surface area contributed by atoms with E-state index in [0.29, 0.717) is 6.42 Å². The molecule has 6 heteroatoms. The maximum atomic E-state index is 11.9. The lowest BCUT2D eigenvalue weighted by Crippen LogP contribution is -2.31. The smallest absolute Gasteiger partial charge is 0.300 e. The van der Waals surface area contributed by atoms with Crippen LogP contribution in [0.4, 0.5) is 0 Å². The van der Waals surface area contributed by atoms with Gasteiger partial charge in [-0.25, -0.2) is 0 Å². The molecule has 0 bridgehead atoms. The van der Waals surface area contributed by atoms with Gasteiger partial charge in [0.2, 0.25) is 11.8 Å². The van der Waals surface area contributed by atoms with Crippen LogP contribution in [0.1, 0.15) is 135 Å². The average Bonchev–Trinajstić information content (AvgIpc) is 2.87. The lowest BCUT2D eigenvalue weighted by molar-refractivity contribution is -0.134. The van der Waals surface area contributed by atoms with Crippen molar-refractivity contribution in [1.29, 1.82) is 0 Å². The maximum absolute atomic E-state index is 11.9. The molecule has 226 valence electrons. The highest BCUT2D eigenvalue weighted by atomic mass is 16.4. The van der Waals surface area contributed by atoms with E-state index in [1.165, 1.54) is 96.4 Å². The third-order valence-electron chi connectivity index (χ3n) is 6.16. The van der Waals surface area contributed by atoms with Crippen LogP contribution in [-0.4, -0.2) is 48.4 Å². The number of nitrogens with one attached hydrogen (secondary N) is 1. The molecule has 0 radical (unpaired) electrons. The van der Waals surface area contributed by atoms with Crippen molar-refractivity contribution in [2.45, 2.75) is 136 Å². The summed E-state index contributed by atoms with van der Waals surface area (Å²) in [6, 6.07) is 9.53. The van der Waals surface area contributed by atoms with E-state index < -0.39 is 5.97 Å². The van der Waals surface area contributed by atoms with Crippen LogP contribution in [0.2, 0.25) is 0 Å². The number of nitrogens with zero attached hydrogens (tertiary/aromatic N) is 1. The highest BCUT2D eigenvalue weighted by Gasteiger charge is 2.08. The van der Waals surface area contributed by atoms with E-state index in [0.717, 1.165) is 25.3 Å². The number of carboxylic acid groups (broad SMARTS) is 1. The highest BCUT2D eigenvalue weighted by Crippen LogP contribution is 2.13. The number of rotatable bonds is 20. The molecule has 2 amide bonds. The number of unbranched alkanes of at least 4 members (excludes halogenated alkanes) is 14. The second-order valence-electron chi connectivity index (χ2n) is 10.7. The molecule has 0 saturated heterocycles. The number of carbonyl (C=O) groups is 3. The number of carbonyl (C=O) groups excluding carboxylic acids is 2. The fraction of sp³-hybridized carbons (Fsp3) is 0.727. The molecule has 6 nitrogen and oxygen atoms in total. The van der Waals surface area contributed by atoms with Crippen molar-refractivity contribution >= 4 is 17.8 Å². The third-order valence-corrected chi connectivity index (χ3v) is 6.16. The summed E-state index contributed by atoms with van der Waals surface area (Å²) in [5.41, 5.74) is 0.935. The molecule has 0 unspecified atom stereocenters. The summed E-state index contributed by atoms with van der Waals surface area (Å²) >= 11 is 0. The number of amides is 2. The zero-order valence-corrected chi connectivity index (χ0v) is 25.9. The van der Waals surface area contributed by atoms with Gasteiger partial charge in [-0.2, -0.15) is 0 Å². The predicted molar refractivity (Wildman–Crippen MR) is 165 cm³/mol. The minimum atomic E-state index is -0.833. The van der Waals surface area contributed by atoms with Crippen molar-refractivity contribution in [3.63, 3.8) is 0 Å². The topological polar surface area (TPSA) is 86.7 Å². The van der Waals surface area contributed by atoms with Crippen LogP contribution in [0.5, 0.6) is 0 Å². The van der Waals surface area contributed by atoms with E-state index in [1.807, 2.05) is 30.3 Å². The summed E-state index contributed by atoms with van der Waals surface area (Å²) in [6.45, 7) is 6.74. The van der Waals surface area contributed by atoms with Crippen LogP contribution in [0.15, 0.2) is 30.3 Å². The number of aliphatic carboxylic acids is 1. The summed E-state index contributed by atoms with van der Waals surface area (Å²) in [5, 5.41) is 9.92. The molecule has 2 N–H and O–H groups in total. The number of benzene rings is 1. The van der Waals surface area contributed by atoms with E-state index in [4.69, 9.17) is 9.90 Å². The first-order valence-electron chi connectivity index (χ1n) is 15.4. The molecule has 1 aromatic rings. The fourth-order valence-electron chi connectivity index (χ4n) is 4.15. The molecule has 1 aromatic carbocycles. The van der Waals surface area contributed by atoms with Crippen molar-refractivity contribution in [1.82, 2.24) is 10.2 Å². The molecule has 0 aliphatic heterocycles. The van der Waals surface area contributed by atoms with E-state index >= 15 is 0 Å². The first-order valence-corrected chi connectivity index (χ1v) is 15.4. The summed E-state index contributed by atoms with van der Waals surface area (Å²) in [4.78, 5) is 34.9. The van der Waals surface area contributed by atoms with Gasteiger partial charge in [-0.1, -0.05) is 134 Å². The molecule has 0 spiro atoms. The van der Waals surface area contributed by atoms with Gasteiger partial charge in [-0.15, -0.1) is 0 Å². The van der Waals surface area contributed by atoms with E-state index in [-0.39, 0.29) is 18.2 Å². The molecule has 0 aliphatic carbocycles. The van der Waals surface area contributed by atoms with Gasteiger partial charge in [0.05, 0.1) is 6.42 Å². The molecule has 0 atom stereocenters. The first kappa shape index (κ1) is 38.9. The lowest BCUT2D eigenvalue weighted by Gasteiger charge is -2.05. The molecular weight excluding hydrogens is 488 g/mol. The Morgan fingerprint density at radius 1 is 0.667 bits per heavy atom. The quantitative estimate of drug-likeness (QED) is 0.160. The number of hydrogen-bond acceptors (Lipinski definition) is 4. The maximum Gasteiger partial charge on any atom is 0.300 e. The van der Waals surface area contributed by atoms with Gasteiger partial charge in [0.15, 0.2) is 0 Å². The molecule has 39 heavy (non-hydrogen) atoms. The van der Waals surface area contributed by atoms with Crippen LogP contribution in [0.3, 0.4) is 0 Å². The molecule has 0 aromatic heterocycles. The van der Waals surface area contributed by atoms with E-state index in [1.54, 1.807) is 0 Å². The van der Waals surface area contributed by atoms with E-state index in [9.17, 15) is 9.59 Å². The summed E-state index contributed by atoms with van der Waals surface area (Å²) in [6.07, 6.45) is 21.7. The molecule has 0 heterocycles. The zero-order valence-electron chi connectivity index (χ0n) is 25.9. The van der Waals surface area contributed by atoms with Gasteiger partial charge in [0.25, 0.3) is 5.97 Å². The van der Waals surface area contributed by atoms with Crippen LogP contribution in [-0.2, 0) is 20.8 Å². The Morgan fingerprint density at radius 3 is 1.44 bits per heavy atom. The fourth-order valence-corrected chi connectivity index (χ4v) is 4.15. The monoisotopic (exact) mass is 548 g/mol. The normalized spacial score (nSPS) is 10.2. The minimum Gasteiger partial charge on any atom is -0.481 e. The molecule has 0 fully saturated rings. The SMILES string of the molecule is CC(=O)O.CCCCCCCCCCCCCCCCCC(=O)NC(=O)Cc1ccccc1.CCCN(C)C. The predicted octanol–water partition coefficient (Wildman–Crippen LogP) is 8.18. The van der Waals surface area contributed by atoms with Gasteiger partial charge >= 0.3 is 0 Å². The second kappa shape index (κ2) is 30.3. The standard InChI is InChI=1S/C26H43NO2.C5H13N.C2H4O2/c1-2-3-4-5-6-7-8-9-10-11-12-13-14-15-19-22-25(28)27-26(29)23-24-20-17-16-18-21-24;1-4-5-6(2)3;1-2(3)4/h16-18,20-21H,2-15,19,22-23H2,1H3,(H,27,28,29);4-5H2,1-3H3;1H3,(H,3,4). The van der Waals surface area contributed by atoms with Crippen molar-refractivity contribution in [2.75, 3.05) is 20.6 Å². The van der Waals surface area contributed by atoms with Gasteiger partial charge in [-0.3, -0.25) is 19.7 Å². The largest absolute Gasteiger partial charge is 0.481 e. The van der Waals surface area contributed by atoms with Gasteiger partial charge in [0, 0.05) is 13.3 Å². The average molecular weight is 549 g/mol. The molecular formula is C33H60N2O4. The van der Waals surface area contributed by atoms with Crippen LogP contribution in [0.25, 0.3) is 0 Å². The van der Waals surface area contributed by atoms with E-state index in [2.05, 4.69) is 38.2 Å². The Kier molecular flexibility index (Phi) is 30.3. The van der Waals surface area contributed by atoms with Crippen molar-refractivity contribution < 1.29 is 19.5 Å². The second-order valence-corrected chi connectivity index (χ2v) is 10.7. The Hall–Kier alpha value is -2.21. The number of hydrogen-bond donors (Lipinski definition) is 2. The molecule has 0 saturated carbocycles. The summed E-state index contributed by atoms with van der Waals surface area (Å²) < 4.78 is 0. The number of imide groups is 1. The van der Waals surface area contributed by atoms with Crippen LogP contribution < -0.4 is 5.32 Å². The minimum absolute atomic E-state index is 0.138. The van der Waals surface area contributed by atoms with Crippen molar-refractivity contribution in [3.05, 3.63) is 35.9 Å². The van der Waals surface area contributed by atoms with Gasteiger partial charge in [-0.05, 0) is 39.0 Å². The summed E-state index contributed by atoms with van der Waals surface area (Å²) in [7, 11) is 4.17. The lowest BCUT2D eigenvalue weighted by atomic mass is 10.0. The van der Waals surface area contributed by atoms with Crippen molar-refractivity contribution in [2.24, 2.45) is 0 Å². The summed E-state index contributed by atoms with van der Waals surface area (Å²) in [5.74, 6) is -1.18. The molecule has 0 aliphatic rings. The highest BCUT2D eigenvalue weighted by molar-refractivity contribution is 5.95. The first-order chi connectivity index (χ1) is 18.7. The van der Waals surface area contributed by atoms with Gasteiger partial charge in [0.1, 0.15) is 0 Å². The number of carboxylic acids is 1. The Morgan fingerprint density at radius 2 is 1.08 bits per heavy atom. The Labute approximate surface area is 240 Å². The van der Waals surface area contributed by atoms with Gasteiger partial charge < -0.3 is 10.0 Å². The Bertz CT molecular complexity index is 688. The van der Waals surface area contributed by atoms with Crippen LogP contribution >= 0.6 is 0 Å². The molecule has 1 rings (SSSR count). The van der Waals surface area contributed by atoms with Crippen LogP contribution in [0, 0.1) is 0 Å². The zero-order chi connectivity index (χ0) is 29.6.